The van der Waals surface area contributed by atoms with E-state index in [9.17, 15) is 0 Å². The van der Waals surface area contributed by atoms with Gasteiger partial charge in [-0.05, 0) is 72.8 Å². The molecule has 34 heavy (non-hydrogen) atoms. The summed E-state index contributed by atoms with van der Waals surface area (Å²) in [6.45, 7) is 0. The smallest absolute Gasteiger partial charge is 0.0542 e. The molecule has 4 nitrogen and oxygen atoms in total. The van der Waals surface area contributed by atoms with Gasteiger partial charge in [0.05, 0.1) is 22.1 Å². The molecule has 0 aliphatic rings. The van der Waals surface area contributed by atoms with Crippen molar-refractivity contribution in [2.75, 3.05) is 11.5 Å². The number of nitrogens with zero attached hydrogens (tertiary/aromatic N) is 2. The number of hydrogen-bond acceptors (Lipinski definition) is 2. The highest BCUT2D eigenvalue weighted by atomic mass is 15.0. The molecule has 4 N–H and O–H groups in total. The zero-order chi connectivity index (χ0) is 22.8. The Hall–Kier alpha value is -4.70. The monoisotopic (exact) mass is 438 g/mol. The second-order valence-corrected chi connectivity index (χ2v) is 8.77. The van der Waals surface area contributed by atoms with Crippen molar-refractivity contribution in [1.82, 2.24) is 9.13 Å². The molecular formula is C30H22N4. The van der Waals surface area contributed by atoms with Crippen LogP contribution in [0.25, 0.3) is 55.0 Å². The molecule has 0 bridgehead atoms. The van der Waals surface area contributed by atoms with Crippen LogP contribution in [0.2, 0.25) is 0 Å². The van der Waals surface area contributed by atoms with Crippen LogP contribution >= 0.6 is 0 Å². The molecule has 2 heterocycles. The summed E-state index contributed by atoms with van der Waals surface area (Å²) in [5, 5.41) is 4.74. The van der Waals surface area contributed by atoms with E-state index < -0.39 is 0 Å². The zero-order valence-corrected chi connectivity index (χ0v) is 18.4. The lowest BCUT2D eigenvalue weighted by atomic mass is 10.1. The molecule has 0 spiro atoms. The Bertz CT molecular complexity index is 1760. The van der Waals surface area contributed by atoms with Gasteiger partial charge in [-0.15, -0.1) is 0 Å². The van der Waals surface area contributed by atoms with E-state index >= 15 is 0 Å². The minimum Gasteiger partial charge on any atom is -0.399 e. The molecule has 0 amide bonds. The van der Waals surface area contributed by atoms with Gasteiger partial charge in [0.2, 0.25) is 0 Å². The molecule has 0 unspecified atom stereocenters. The van der Waals surface area contributed by atoms with Crippen molar-refractivity contribution in [2.45, 2.75) is 0 Å². The maximum absolute atomic E-state index is 6.12. The third-order valence-electron chi connectivity index (χ3n) is 6.76. The molecule has 0 aliphatic heterocycles. The molecule has 2 aromatic heterocycles. The second kappa shape index (κ2) is 6.90. The van der Waals surface area contributed by atoms with Crippen LogP contribution in [0.3, 0.4) is 0 Å². The molecule has 0 fully saturated rings. The number of aromatic nitrogens is 2. The second-order valence-electron chi connectivity index (χ2n) is 8.77. The fraction of sp³-hybridized carbons (Fsp3) is 0. The normalized spacial score (nSPS) is 11.8. The van der Waals surface area contributed by atoms with Crippen molar-refractivity contribution in [1.29, 1.82) is 0 Å². The van der Waals surface area contributed by atoms with E-state index in [1.807, 2.05) is 24.3 Å². The molecule has 0 radical (unpaired) electrons. The Morgan fingerprint density at radius 3 is 1.21 bits per heavy atom. The van der Waals surface area contributed by atoms with Gasteiger partial charge in [0.1, 0.15) is 0 Å². The van der Waals surface area contributed by atoms with Gasteiger partial charge >= 0.3 is 0 Å². The molecule has 7 rings (SSSR count). The lowest BCUT2D eigenvalue weighted by molar-refractivity contribution is 1.14. The summed E-state index contributed by atoms with van der Waals surface area (Å²) in [4.78, 5) is 0. The first-order valence-corrected chi connectivity index (χ1v) is 11.4. The van der Waals surface area contributed by atoms with Crippen LogP contribution in [0, 0.1) is 0 Å². The van der Waals surface area contributed by atoms with Crippen LogP contribution in [0.5, 0.6) is 0 Å². The molecular weight excluding hydrogens is 416 g/mol. The Balaban J connectivity index is 1.46. The predicted molar refractivity (Wildman–Crippen MR) is 144 cm³/mol. The average Bonchev–Trinajstić information content (AvgIpc) is 3.37. The number of nitrogen functional groups attached to an aromatic ring is 2. The van der Waals surface area contributed by atoms with E-state index in [1.54, 1.807) is 0 Å². The summed E-state index contributed by atoms with van der Waals surface area (Å²) in [6.07, 6.45) is 0. The van der Waals surface area contributed by atoms with Crippen molar-refractivity contribution in [3.63, 3.8) is 0 Å². The number of benzene rings is 5. The number of hydrogen-bond donors (Lipinski definition) is 2. The first-order valence-electron chi connectivity index (χ1n) is 11.4. The van der Waals surface area contributed by atoms with E-state index in [-0.39, 0.29) is 0 Å². The van der Waals surface area contributed by atoms with Crippen LogP contribution in [0.1, 0.15) is 0 Å². The summed E-state index contributed by atoms with van der Waals surface area (Å²) in [6, 6.07) is 38.0. The zero-order valence-electron chi connectivity index (χ0n) is 18.4. The molecule has 4 heteroatoms. The molecule has 162 valence electrons. The number of nitrogens with two attached hydrogens (primary N) is 2. The van der Waals surface area contributed by atoms with Crippen molar-refractivity contribution in [2.24, 2.45) is 0 Å². The van der Waals surface area contributed by atoms with E-state index in [0.717, 1.165) is 44.6 Å². The molecule has 0 atom stereocenters. The van der Waals surface area contributed by atoms with Gasteiger partial charge in [0.15, 0.2) is 0 Å². The van der Waals surface area contributed by atoms with Crippen LogP contribution in [-0.2, 0) is 0 Å². The summed E-state index contributed by atoms with van der Waals surface area (Å²) in [5.74, 6) is 0. The van der Waals surface area contributed by atoms with Crippen molar-refractivity contribution < 1.29 is 0 Å². The van der Waals surface area contributed by atoms with E-state index in [2.05, 4.69) is 94.1 Å². The highest BCUT2D eigenvalue weighted by Gasteiger charge is 2.14. The highest BCUT2D eigenvalue weighted by Crippen LogP contribution is 2.36. The first-order chi connectivity index (χ1) is 16.7. The van der Waals surface area contributed by atoms with Crippen LogP contribution in [0.4, 0.5) is 11.4 Å². The SMILES string of the molecule is Nc1ccc2c(c1)c1cc(N)ccc1n2-c1ccc(-n2c3ccccc3c3ccccc32)cc1. The van der Waals surface area contributed by atoms with Gasteiger partial charge in [-0.2, -0.15) is 0 Å². The van der Waals surface area contributed by atoms with Crippen LogP contribution < -0.4 is 11.5 Å². The van der Waals surface area contributed by atoms with Crippen molar-refractivity contribution in [3.8, 4) is 11.4 Å². The third kappa shape index (κ3) is 2.60. The van der Waals surface area contributed by atoms with Gasteiger partial charge in [-0.3, -0.25) is 0 Å². The number of anilines is 2. The Kier molecular flexibility index (Phi) is 3.82. The summed E-state index contributed by atoms with van der Waals surface area (Å²) in [7, 11) is 0. The Morgan fingerprint density at radius 1 is 0.382 bits per heavy atom. The number of para-hydroxylation sites is 2. The number of fused-ring (bicyclic) bond motifs is 6. The first kappa shape index (κ1) is 18.8. The predicted octanol–water partition coefficient (Wildman–Crippen LogP) is 7.05. The quantitative estimate of drug-likeness (QED) is 0.284. The fourth-order valence-electron chi connectivity index (χ4n) is 5.29. The standard InChI is InChI=1S/C30H22N4/c31-19-9-15-29-25(17-19)26-18-20(32)10-16-30(26)34(29)22-13-11-21(12-14-22)33-27-7-3-1-5-23(27)24-6-2-4-8-28(24)33/h1-18H,31-32H2. The number of rotatable bonds is 2. The Morgan fingerprint density at radius 2 is 0.765 bits per heavy atom. The molecule has 0 saturated carbocycles. The maximum Gasteiger partial charge on any atom is 0.0542 e. The van der Waals surface area contributed by atoms with Crippen molar-refractivity contribution in [3.05, 3.63) is 109 Å². The van der Waals surface area contributed by atoms with Gasteiger partial charge in [-0.25, -0.2) is 0 Å². The van der Waals surface area contributed by atoms with Gasteiger partial charge in [0.25, 0.3) is 0 Å². The molecule has 0 aliphatic carbocycles. The average molecular weight is 439 g/mol. The van der Waals surface area contributed by atoms with Gasteiger partial charge < -0.3 is 20.6 Å². The maximum atomic E-state index is 6.12. The summed E-state index contributed by atoms with van der Waals surface area (Å²) in [5.41, 5.74) is 20.6. The molecule has 7 aromatic rings. The lowest BCUT2D eigenvalue weighted by Crippen LogP contribution is -1.97. The Labute approximate surface area is 196 Å². The van der Waals surface area contributed by atoms with Crippen LogP contribution in [0.15, 0.2) is 109 Å². The van der Waals surface area contributed by atoms with Gasteiger partial charge in [0, 0.05) is 44.3 Å². The minimum absolute atomic E-state index is 0.746. The fourth-order valence-corrected chi connectivity index (χ4v) is 5.29. The third-order valence-corrected chi connectivity index (χ3v) is 6.76. The molecule has 5 aromatic carbocycles. The summed E-state index contributed by atoms with van der Waals surface area (Å²) >= 11 is 0. The molecule has 0 saturated heterocycles. The summed E-state index contributed by atoms with van der Waals surface area (Å²) < 4.78 is 4.61. The van der Waals surface area contributed by atoms with Crippen molar-refractivity contribution >= 4 is 55.0 Å². The minimum atomic E-state index is 0.746. The van der Waals surface area contributed by atoms with Crippen LogP contribution in [-0.4, -0.2) is 9.13 Å². The topological polar surface area (TPSA) is 61.9 Å². The lowest BCUT2D eigenvalue weighted by Gasteiger charge is -2.11. The van der Waals surface area contributed by atoms with E-state index in [4.69, 9.17) is 11.5 Å². The van der Waals surface area contributed by atoms with E-state index in [0.29, 0.717) is 0 Å². The largest absolute Gasteiger partial charge is 0.399 e. The highest BCUT2D eigenvalue weighted by molar-refractivity contribution is 6.11. The van der Waals surface area contributed by atoms with Gasteiger partial charge in [-0.1, -0.05) is 36.4 Å². The van der Waals surface area contributed by atoms with E-state index in [1.165, 1.54) is 21.8 Å².